The second-order valence-electron chi connectivity index (χ2n) is 4.45. The van der Waals surface area contributed by atoms with Crippen molar-refractivity contribution in [3.05, 3.63) is 11.7 Å². The fourth-order valence-electron chi connectivity index (χ4n) is 1.43. The lowest BCUT2D eigenvalue weighted by Crippen LogP contribution is -2.19. The van der Waals surface area contributed by atoms with E-state index >= 15 is 0 Å². The maximum absolute atomic E-state index is 10.6. The second-order valence-corrected chi connectivity index (χ2v) is 5.31. The first kappa shape index (κ1) is 13.0. The summed E-state index contributed by atoms with van der Waals surface area (Å²) in [6.45, 7) is 3.75. The molecular weight excluding hydrogens is 228 g/mol. The summed E-state index contributed by atoms with van der Waals surface area (Å²) in [4.78, 5) is 14.8. The Morgan fingerprint density at radius 3 is 2.81 bits per heavy atom. The maximum Gasteiger partial charge on any atom is 0.303 e. The number of carbonyl (C=O) groups is 1. The summed E-state index contributed by atoms with van der Waals surface area (Å²) in [7, 11) is 0. The first-order valence-electron chi connectivity index (χ1n) is 4.95. The molecule has 1 heterocycles. The third kappa shape index (κ3) is 4.22. The number of hydrogen-bond acceptors (Lipinski definition) is 5. The van der Waals surface area contributed by atoms with Crippen LogP contribution < -0.4 is 0 Å². The predicted molar refractivity (Wildman–Crippen MR) is 61.3 cm³/mol. The lowest BCUT2D eigenvalue weighted by Gasteiger charge is -2.19. The fourth-order valence-corrected chi connectivity index (χ4v) is 1.81. The fraction of sp³-hybridized carbons (Fsp3) is 0.700. The van der Waals surface area contributed by atoms with Gasteiger partial charge in [0.15, 0.2) is 5.82 Å². The normalized spacial score (nSPS) is 11.7. The van der Waals surface area contributed by atoms with Gasteiger partial charge < -0.3 is 9.63 Å². The summed E-state index contributed by atoms with van der Waals surface area (Å²) >= 11 is 1.62. The highest BCUT2D eigenvalue weighted by Gasteiger charge is 2.25. The highest BCUT2D eigenvalue weighted by atomic mass is 32.2. The van der Waals surface area contributed by atoms with Gasteiger partial charge in [0.1, 0.15) is 0 Å². The van der Waals surface area contributed by atoms with Crippen molar-refractivity contribution in [2.45, 2.75) is 32.4 Å². The summed E-state index contributed by atoms with van der Waals surface area (Å²) in [6, 6.07) is 0. The van der Waals surface area contributed by atoms with Crippen LogP contribution in [0.3, 0.4) is 0 Å². The van der Waals surface area contributed by atoms with Gasteiger partial charge in [-0.2, -0.15) is 16.7 Å². The van der Waals surface area contributed by atoms with Gasteiger partial charge in [0, 0.05) is 6.42 Å². The summed E-state index contributed by atoms with van der Waals surface area (Å²) in [5.74, 6) is 1.07. The van der Waals surface area contributed by atoms with Crippen LogP contribution in [0.2, 0.25) is 0 Å². The average molecular weight is 244 g/mol. The zero-order valence-electron chi connectivity index (χ0n) is 9.69. The number of carboxylic acids is 1. The Morgan fingerprint density at radius 2 is 2.25 bits per heavy atom. The third-order valence-corrected chi connectivity index (χ3v) is 2.59. The Hall–Kier alpha value is -1.04. The van der Waals surface area contributed by atoms with Crippen molar-refractivity contribution in [3.63, 3.8) is 0 Å². The molecule has 0 amide bonds. The van der Waals surface area contributed by atoms with Crippen LogP contribution >= 0.6 is 11.8 Å². The Bertz CT molecular complexity index is 363. The van der Waals surface area contributed by atoms with Crippen molar-refractivity contribution in [1.82, 2.24) is 10.1 Å². The summed E-state index contributed by atoms with van der Waals surface area (Å²) in [6.07, 6.45) is 2.54. The highest BCUT2D eigenvalue weighted by Crippen LogP contribution is 2.25. The first-order valence-corrected chi connectivity index (χ1v) is 6.34. The van der Waals surface area contributed by atoms with Gasteiger partial charge in [-0.15, -0.1) is 0 Å². The van der Waals surface area contributed by atoms with Crippen LogP contribution in [0.15, 0.2) is 4.52 Å². The number of hydrogen-bond donors (Lipinski definition) is 1. The zero-order valence-corrected chi connectivity index (χ0v) is 10.5. The lowest BCUT2D eigenvalue weighted by molar-refractivity contribution is -0.139. The van der Waals surface area contributed by atoms with Gasteiger partial charge in [0.05, 0.1) is 12.2 Å². The minimum Gasteiger partial charge on any atom is -0.481 e. The molecule has 5 nitrogen and oxygen atoms in total. The quantitative estimate of drug-likeness (QED) is 0.824. The topological polar surface area (TPSA) is 76.2 Å². The SMILES string of the molecule is CSCc1noc(CC(C)(C)CC(=O)O)n1. The Labute approximate surface area is 98.6 Å². The maximum atomic E-state index is 10.6. The third-order valence-electron chi connectivity index (χ3n) is 2.04. The van der Waals surface area contributed by atoms with E-state index in [0.29, 0.717) is 23.9 Å². The molecule has 0 radical (unpaired) electrons. The number of aromatic nitrogens is 2. The Morgan fingerprint density at radius 1 is 1.56 bits per heavy atom. The average Bonchev–Trinajstić information content (AvgIpc) is 2.49. The van der Waals surface area contributed by atoms with Gasteiger partial charge >= 0.3 is 5.97 Å². The molecule has 0 bridgehead atoms. The summed E-state index contributed by atoms with van der Waals surface area (Å²) in [5.41, 5.74) is -0.366. The monoisotopic (exact) mass is 244 g/mol. The number of thioether (sulfide) groups is 1. The number of nitrogens with zero attached hydrogens (tertiary/aromatic N) is 2. The standard InChI is InChI=1S/C10H16N2O3S/c1-10(2,5-9(13)14)4-8-11-7(6-16-3)12-15-8/h4-6H2,1-3H3,(H,13,14). The largest absolute Gasteiger partial charge is 0.481 e. The molecule has 0 spiro atoms. The van der Waals surface area contributed by atoms with Gasteiger partial charge in [-0.05, 0) is 11.7 Å². The van der Waals surface area contributed by atoms with Crippen LogP contribution in [-0.4, -0.2) is 27.5 Å². The molecule has 0 fully saturated rings. The van der Waals surface area contributed by atoms with E-state index in [1.807, 2.05) is 20.1 Å². The van der Waals surface area contributed by atoms with E-state index in [4.69, 9.17) is 9.63 Å². The van der Waals surface area contributed by atoms with Crippen LogP contribution in [-0.2, 0) is 17.0 Å². The molecule has 16 heavy (non-hydrogen) atoms. The number of aliphatic carboxylic acids is 1. The minimum atomic E-state index is -0.811. The highest BCUT2D eigenvalue weighted by molar-refractivity contribution is 7.97. The molecule has 0 aromatic carbocycles. The molecule has 0 atom stereocenters. The van der Waals surface area contributed by atoms with E-state index in [2.05, 4.69) is 10.1 Å². The van der Waals surface area contributed by atoms with Crippen LogP contribution in [0.1, 0.15) is 32.0 Å². The van der Waals surface area contributed by atoms with Crippen molar-refractivity contribution >= 4 is 17.7 Å². The molecule has 1 rings (SSSR count). The second kappa shape index (κ2) is 5.34. The molecular formula is C10H16N2O3S. The number of rotatable bonds is 6. The van der Waals surface area contributed by atoms with Gasteiger partial charge in [-0.1, -0.05) is 19.0 Å². The summed E-state index contributed by atoms with van der Waals surface area (Å²) in [5, 5.41) is 12.6. The van der Waals surface area contributed by atoms with Crippen molar-refractivity contribution in [3.8, 4) is 0 Å². The van der Waals surface area contributed by atoms with E-state index in [-0.39, 0.29) is 11.8 Å². The zero-order chi connectivity index (χ0) is 12.2. The predicted octanol–water partition coefficient (Wildman–Crippen LogP) is 1.98. The molecule has 6 heteroatoms. The molecule has 0 aliphatic carbocycles. The van der Waals surface area contributed by atoms with Crippen LogP contribution in [0.4, 0.5) is 0 Å². The molecule has 1 aromatic rings. The van der Waals surface area contributed by atoms with E-state index in [0.717, 1.165) is 0 Å². The Kier molecular flexibility index (Phi) is 4.35. The molecule has 0 aliphatic heterocycles. The van der Waals surface area contributed by atoms with Gasteiger partial charge in [-0.25, -0.2) is 0 Å². The van der Waals surface area contributed by atoms with Gasteiger partial charge in [0.25, 0.3) is 0 Å². The molecule has 0 saturated heterocycles. The van der Waals surface area contributed by atoms with E-state index in [9.17, 15) is 4.79 Å². The molecule has 1 aromatic heterocycles. The van der Waals surface area contributed by atoms with E-state index in [1.54, 1.807) is 11.8 Å². The molecule has 1 N–H and O–H groups in total. The van der Waals surface area contributed by atoms with Gasteiger partial charge in [0.2, 0.25) is 5.89 Å². The lowest BCUT2D eigenvalue weighted by atomic mass is 9.86. The van der Waals surface area contributed by atoms with Crippen LogP contribution in [0.5, 0.6) is 0 Å². The Balaban J connectivity index is 2.61. The molecule has 0 unspecified atom stereocenters. The molecule has 0 aliphatic rings. The van der Waals surface area contributed by atoms with Crippen LogP contribution in [0, 0.1) is 5.41 Å². The first-order chi connectivity index (χ1) is 7.43. The van der Waals surface area contributed by atoms with E-state index in [1.165, 1.54) is 0 Å². The number of carboxylic acid groups (broad SMARTS) is 1. The minimum absolute atomic E-state index is 0.0905. The molecule has 0 saturated carbocycles. The van der Waals surface area contributed by atoms with E-state index < -0.39 is 5.97 Å². The smallest absolute Gasteiger partial charge is 0.303 e. The van der Waals surface area contributed by atoms with Crippen molar-refractivity contribution in [2.24, 2.45) is 5.41 Å². The van der Waals surface area contributed by atoms with Crippen molar-refractivity contribution < 1.29 is 14.4 Å². The van der Waals surface area contributed by atoms with Crippen LogP contribution in [0.25, 0.3) is 0 Å². The molecule has 90 valence electrons. The van der Waals surface area contributed by atoms with Crippen molar-refractivity contribution in [2.75, 3.05) is 6.26 Å². The van der Waals surface area contributed by atoms with Gasteiger partial charge in [-0.3, -0.25) is 4.79 Å². The summed E-state index contributed by atoms with van der Waals surface area (Å²) < 4.78 is 5.07. The van der Waals surface area contributed by atoms with Crippen molar-refractivity contribution in [1.29, 1.82) is 0 Å².